The molecule has 18 heavy (non-hydrogen) atoms. The number of hydrogen-bond donors (Lipinski definition) is 1. The fraction of sp³-hybridized carbons (Fsp3) is 0.385. The second-order valence-corrected chi connectivity index (χ2v) is 4.23. The molecule has 0 aliphatic heterocycles. The van der Waals surface area contributed by atoms with E-state index in [0.29, 0.717) is 17.8 Å². The molecule has 1 aromatic heterocycles. The summed E-state index contributed by atoms with van der Waals surface area (Å²) in [6, 6.07) is 5.52. The van der Waals surface area contributed by atoms with Gasteiger partial charge in [-0.3, -0.25) is 0 Å². The summed E-state index contributed by atoms with van der Waals surface area (Å²) in [5.41, 5.74) is 0.349. The maximum Gasteiger partial charge on any atom is 0.417 e. The molecule has 0 saturated carbocycles. The normalized spacial score (nSPS) is 14.1. The SMILES string of the molecule is CCn1c(C(C)O)cc2c(C(F)(F)F)cccc21. The molecule has 0 saturated heterocycles. The maximum absolute atomic E-state index is 12.9. The van der Waals surface area contributed by atoms with Crippen LogP contribution in [0.3, 0.4) is 0 Å². The van der Waals surface area contributed by atoms with Gasteiger partial charge in [-0.2, -0.15) is 13.2 Å². The van der Waals surface area contributed by atoms with Crippen LogP contribution < -0.4 is 0 Å². The average Bonchev–Trinajstić information content (AvgIpc) is 2.65. The van der Waals surface area contributed by atoms with Gasteiger partial charge in [0.1, 0.15) is 0 Å². The average molecular weight is 257 g/mol. The van der Waals surface area contributed by atoms with Gasteiger partial charge in [-0.25, -0.2) is 0 Å². The second kappa shape index (κ2) is 4.31. The third-order valence-corrected chi connectivity index (χ3v) is 3.03. The van der Waals surface area contributed by atoms with Crippen LogP contribution in [0.25, 0.3) is 10.9 Å². The van der Waals surface area contributed by atoms with E-state index in [4.69, 9.17) is 0 Å². The molecule has 2 rings (SSSR count). The van der Waals surface area contributed by atoms with Crippen LogP contribution in [0.4, 0.5) is 13.2 Å². The number of aliphatic hydroxyl groups is 1. The van der Waals surface area contributed by atoms with Crippen LogP contribution in [0, 0.1) is 0 Å². The van der Waals surface area contributed by atoms with Crippen molar-refractivity contribution in [2.75, 3.05) is 0 Å². The van der Waals surface area contributed by atoms with E-state index in [1.807, 2.05) is 6.92 Å². The molecule has 0 amide bonds. The highest BCUT2D eigenvalue weighted by Gasteiger charge is 2.33. The fourth-order valence-corrected chi connectivity index (χ4v) is 2.25. The zero-order chi connectivity index (χ0) is 13.5. The van der Waals surface area contributed by atoms with Crippen LogP contribution in [0.2, 0.25) is 0 Å². The van der Waals surface area contributed by atoms with Gasteiger partial charge >= 0.3 is 6.18 Å². The van der Waals surface area contributed by atoms with Gasteiger partial charge in [0.2, 0.25) is 0 Å². The first-order chi connectivity index (χ1) is 8.36. The van der Waals surface area contributed by atoms with E-state index in [1.54, 1.807) is 17.6 Å². The monoisotopic (exact) mass is 257 g/mol. The molecule has 1 heterocycles. The predicted octanol–water partition coefficient (Wildman–Crippen LogP) is 3.73. The van der Waals surface area contributed by atoms with E-state index in [9.17, 15) is 18.3 Å². The van der Waals surface area contributed by atoms with E-state index in [1.165, 1.54) is 12.1 Å². The fourth-order valence-electron chi connectivity index (χ4n) is 2.25. The summed E-state index contributed by atoms with van der Waals surface area (Å²) >= 11 is 0. The van der Waals surface area contributed by atoms with Gasteiger partial charge in [-0.05, 0) is 32.0 Å². The topological polar surface area (TPSA) is 25.2 Å². The Morgan fingerprint density at radius 1 is 1.33 bits per heavy atom. The summed E-state index contributed by atoms with van der Waals surface area (Å²) in [7, 11) is 0. The minimum Gasteiger partial charge on any atom is -0.387 e. The molecular weight excluding hydrogens is 243 g/mol. The van der Waals surface area contributed by atoms with Gasteiger partial charge in [0.15, 0.2) is 0 Å². The Balaban J connectivity index is 2.80. The van der Waals surface area contributed by atoms with Crippen LogP contribution in [0.5, 0.6) is 0 Å². The number of aryl methyl sites for hydroxylation is 1. The van der Waals surface area contributed by atoms with E-state index in [0.717, 1.165) is 6.07 Å². The largest absolute Gasteiger partial charge is 0.417 e. The van der Waals surface area contributed by atoms with Crippen LogP contribution in [0.15, 0.2) is 24.3 Å². The van der Waals surface area contributed by atoms with E-state index < -0.39 is 17.8 Å². The molecule has 0 bridgehead atoms. The summed E-state index contributed by atoms with van der Waals surface area (Å²) in [5.74, 6) is 0. The molecule has 1 aromatic carbocycles. The standard InChI is InChI=1S/C13H14F3NO/c1-3-17-11-6-4-5-10(13(14,15)16)9(11)7-12(17)8(2)18/h4-8,18H,3H2,1-2H3. The molecular formula is C13H14F3NO. The van der Waals surface area contributed by atoms with Crippen molar-refractivity contribution in [2.24, 2.45) is 0 Å². The summed E-state index contributed by atoms with van der Waals surface area (Å²) in [5, 5.41) is 9.77. The summed E-state index contributed by atoms with van der Waals surface area (Å²) in [4.78, 5) is 0. The van der Waals surface area contributed by atoms with Crippen molar-refractivity contribution in [1.29, 1.82) is 0 Å². The number of benzene rings is 1. The Hall–Kier alpha value is -1.49. The zero-order valence-corrected chi connectivity index (χ0v) is 10.1. The van der Waals surface area contributed by atoms with Crippen LogP contribution >= 0.6 is 0 Å². The minimum absolute atomic E-state index is 0.141. The van der Waals surface area contributed by atoms with Gasteiger partial charge in [0, 0.05) is 23.1 Å². The van der Waals surface area contributed by atoms with Gasteiger partial charge in [0.25, 0.3) is 0 Å². The van der Waals surface area contributed by atoms with Crippen molar-refractivity contribution >= 4 is 10.9 Å². The number of halogens is 3. The van der Waals surface area contributed by atoms with Crippen LogP contribution in [-0.2, 0) is 12.7 Å². The lowest BCUT2D eigenvalue weighted by molar-refractivity contribution is -0.136. The summed E-state index contributed by atoms with van der Waals surface area (Å²) < 4.78 is 40.4. The Bertz CT molecular complexity index is 569. The molecule has 2 nitrogen and oxygen atoms in total. The number of hydrogen-bond acceptors (Lipinski definition) is 1. The minimum atomic E-state index is -4.38. The first-order valence-corrected chi connectivity index (χ1v) is 5.73. The highest BCUT2D eigenvalue weighted by molar-refractivity contribution is 5.85. The van der Waals surface area contributed by atoms with Crippen molar-refractivity contribution in [3.05, 3.63) is 35.5 Å². The van der Waals surface area contributed by atoms with Crippen molar-refractivity contribution in [3.63, 3.8) is 0 Å². The Morgan fingerprint density at radius 2 is 2.00 bits per heavy atom. The maximum atomic E-state index is 12.9. The molecule has 1 unspecified atom stereocenters. The number of rotatable bonds is 2. The lowest BCUT2D eigenvalue weighted by Gasteiger charge is -2.10. The zero-order valence-electron chi connectivity index (χ0n) is 10.1. The lowest BCUT2D eigenvalue weighted by atomic mass is 10.1. The molecule has 0 radical (unpaired) electrons. The van der Waals surface area contributed by atoms with E-state index in [2.05, 4.69) is 0 Å². The van der Waals surface area contributed by atoms with Crippen LogP contribution in [0.1, 0.15) is 31.2 Å². The highest BCUT2D eigenvalue weighted by Crippen LogP contribution is 2.36. The lowest BCUT2D eigenvalue weighted by Crippen LogP contribution is -2.05. The van der Waals surface area contributed by atoms with Gasteiger partial charge in [-0.15, -0.1) is 0 Å². The number of alkyl halides is 3. The molecule has 0 fully saturated rings. The van der Waals surface area contributed by atoms with Crippen molar-refractivity contribution in [3.8, 4) is 0 Å². The third kappa shape index (κ3) is 1.99. The molecule has 2 aromatic rings. The molecule has 0 aliphatic rings. The Labute approximate surface area is 103 Å². The molecule has 1 atom stereocenters. The summed E-state index contributed by atoms with van der Waals surface area (Å²) in [6.45, 7) is 3.91. The first kappa shape index (κ1) is 13.0. The van der Waals surface area contributed by atoms with Crippen molar-refractivity contribution in [2.45, 2.75) is 32.7 Å². The van der Waals surface area contributed by atoms with Gasteiger partial charge < -0.3 is 9.67 Å². The molecule has 5 heteroatoms. The number of aromatic nitrogens is 1. The van der Waals surface area contributed by atoms with Crippen molar-refractivity contribution < 1.29 is 18.3 Å². The third-order valence-electron chi connectivity index (χ3n) is 3.03. The Morgan fingerprint density at radius 3 is 2.50 bits per heavy atom. The Kier molecular flexibility index (Phi) is 3.11. The molecule has 1 N–H and O–H groups in total. The van der Waals surface area contributed by atoms with E-state index >= 15 is 0 Å². The van der Waals surface area contributed by atoms with Gasteiger partial charge in [-0.1, -0.05) is 6.07 Å². The predicted molar refractivity (Wildman–Crippen MR) is 63.2 cm³/mol. The number of fused-ring (bicyclic) bond motifs is 1. The number of aliphatic hydroxyl groups excluding tert-OH is 1. The molecule has 98 valence electrons. The molecule has 0 spiro atoms. The second-order valence-electron chi connectivity index (χ2n) is 4.23. The number of nitrogens with zero attached hydrogens (tertiary/aromatic N) is 1. The highest BCUT2D eigenvalue weighted by atomic mass is 19.4. The molecule has 0 aliphatic carbocycles. The van der Waals surface area contributed by atoms with Crippen molar-refractivity contribution in [1.82, 2.24) is 4.57 Å². The first-order valence-electron chi connectivity index (χ1n) is 5.73. The summed E-state index contributed by atoms with van der Waals surface area (Å²) in [6.07, 6.45) is -5.17. The smallest absolute Gasteiger partial charge is 0.387 e. The van der Waals surface area contributed by atoms with E-state index in [-0.39, 0.29) is 5.39 Å². The quantitative estimate of drug-likeness (QED) is 0.871. The van der Waals surface area contributed by atoms with Crippen LogP contribution in [-0.4, -0.2) is 9.67 Å². The van der Waals surface area contributed by atoms with Gasteiger partial charge in [0.05, 0.1) is 11.7 Å².